The molecule has 1 N–H and O–H groups in total. The lowest BCUT2D eigenvalue weighted by molar-refractivity contribution is 0.128. The van der Waals surface area contributed by atoms with Gasteiger partial charge in [-0.25, -0.2) is 4.79 Å². The average Bonchev–Trinajstić information content (AvgIpc) is 2.79. The Morgan fingerprint density at radius 3 is 2.31 bits per heavy atom. The molecule has 5 nitrogen and oxygen atoms in total. The van der Waals surface area contributed by atoms with Gasteiger partial charge in [0.05, 0.1) is 6.04 Å². The highest BCUT2D eigenvalue weighted by atomic mass is 35.5. The molecule has 3 heterocycles. The van der Waals surface area contributed by atoms with Crippen LogP contribution in [-0.4, -0.2) is 53.0 Å². The second kappa shape index (κ2) is 9.59. The lowest BCUT2D eigenvalue weighted by atomic mass is 9.96. The highest BCUT2D eigenvalue weighted by Crippen LogP contribution is 2.26. The number of rotatable bonds is 4. The summed E-state index contributed by atoms with van der Waals surface area (Å²) in [5.41, 5.74) is 2.32. The van der Waals surface area contributed by atoms with Gasteiger partial charge in [0, 0.05) is 49.6 Å². The third-order valence-electron chi connectivity index (χ3n) is 6.02. The second-order valence-electron chi connectivity index (χ2n) is 8.03. The predicted octanol–water partition coefficient (Wildman–Crippen LogP) is 4.48. The Labute approximate surface area is 178 Å². The number of carbonyl (C=O) groups excluding carboxylic acids is 1. The van der Waals surface area contributed by atoms with Crippen molar-refractivity contribution >= 4 is 17.6 Å². The molecule has 1 aromatic carbocycles. The standard InChI is InChI=1S/C23H29ClN4O/c24-20-8-6-18(7-9-20)22(19-5-4-12-25-17-19)26-21-10-15-28(16-11-21)23(29)27-13-2-1-3-14-27/h4-9,12,17,21-22,26H,1-3,10-11,13-16H2. The van der Waals surface area contributed by atoms with Gasteiger partial charge >= 0.3 is 6.03 Å². The van der Waals surface area contributed by atoms with Crippen molar-refractivity contribution in [3.63, 3.8) is 0 Å². The van der Waals surface area contributed by atoms with Crippen molar-refractivity contribution in [1.82, 2.24) is 20.1 Å². The molecular formula is C23H29ClN4O. The lowest BCUT2D eigenvalue weighted by Crippen LogP contribution is -2.51. The molecule has 1 atom stereocenters. The Morgan fingerprint density at radius 2 is 1.66 bits per heavy atom. The molecule has 1 unspecified atom stereocenters. The SMILES string of the molecule is O=C(N1CCCCC1)N1CCC(NC(c2ccc(Cl)cc2)c2cccnc2)CC1. The molecule has 2 aromatic rings. The van der Waals surface area contributed by atoms with Gasteiger partial charge in [-0.2, -0.15) is 0 Å². The summed E-state index contributed by atoms with van der Waals surface area (Å²) in [6.45, 7) is 3.45. The minimum Gasteiger partial charge on any atom is -0.325 e. The molecule has 2 aliphatic heterocycles. The largest absolute Gasteiger partial charge is 0.325 e. The number of aromatic nitrogens is 1. The number of nitrogens with one attached hydrogen (secondary N) is 1. The number of likely N-dealkylation sites (tertiary alicyclic amines) is 2. The first-order valence-electron chi connectivity index (χ1n) is 10.7. The monoisotopic (exact) mass is 412 g/mol. The molecular weight excluding hydrogens is 384 g/mol. The van der Waals surface area contributed by atoms with Crippen LogP contribution < -0.4 is 5.32 Å². The fourth-order valence-electron chi connectivity index (χ4n) is 4.35. The molecule has 6 heteroatoms. The number of hydrogen-bond donors (Lipinski definition) is 1. The first-order chi connectivity index (χ1) is 14.2. The normalized spacial score (nSPS) is 19.2. The maximum absolute atomic E-state index is 12.8. The fourth-order valence-corrected chi connectivity index (χ4v) is 4.47. The van der Waals surface area contributed by atoms with Crippen molar-refractivity contribution in [2.75, 3.05) is 26.2 Å². The van der Waals surface area contributed by atoms with Crippen LogP contribution in [0.5, 0.6) is 0 Å². The zero-order chi connectivity index (χ0) is 20.1. The third-order valence-corrected chi connectivity index (χ3v) is 6.27. The second-order valence-corrected chi connectivity index (χ2v) is 8.47. The molecule has 0 radical (unpaired) electrons. The summed E-state index contributed by atoms with van der Waals surface area (Å²) in [7, 11) is 0. The van der Waals surface area contributed by atoms with Crippen LogP contribution in [0.15, 0.2) is 48.8 Å². The van der Waals surface area contributed by atoms with E-state index in [4.69, 9.17) is 11.6 Å². The molecule has 29 heavy (non-hydrogen) atoms. The minimum atomic E-state index is 0.0651. The molecule has 1 aromatic heterocycles. The van der Waals surface area contributed by atoms with E-state index in [-0.39, 0.29) is 12.1 Å². The summed E-state index contributed by atoms with van der Waals surface area (Å²) in [4.78, 5) is 21.1. The minimum absolute atomic E-state index is 0.0651. The Hall–Kier alpha value is -2.11. The number of piperidine rings is 2. The maximum atomic E-state index is 12.8. The summed E-state index contributed by atoms with van der Waals surface area (Å²) in [5.74, 6) is 0. The first kappa shape index (κ1) is 20.2. The molecule has 2 amide bonds. The molecule has 4 rings (SSSR count). The van der Waals surface area contributed by atoms with Crippen molar-refractivity contribution in [3.8, 4) is 0 Å². The number of urea groups is 1. The van der Waals surface area contributed by atoms with Crippen molar-refractivity contribution in [2.45, 2.75) is 44.2 Å². The number of benzene rings is 1. The van der Waals surface area contributed by atoms with Gasteiger partial charge in [0.25, 0.3) is 0 Å². The van der Waals surface area contributed by atoms with Gasteiger partial charge < -0.3 is 15.1 Å². The fraction of sp³-hybridized carbons (Fsp3) is 0.478. The summed E-state index contributed by atoms with van der Waals surface area (Å²) >= 11 is 6.09. The Morgan fingerprint density at radius 1 is 0.966 bits per heavy atom. The van der Waals surface area contributed by atoms with Crippen molar-refractivity contribution < 1.29 is 4.79 Å². The summed E-state index contributed by atoms with van der Waals surface area (Å²) < 4.78 is 0. The first-order valence-corrected chi connectivity index (χ1v) is 11.0. The number of amides is 2. The van der Waals surface area contributed by atoms with Crippen LogP contribution in [0.2, 0.25) is 5.02 Å². The number of halogens is 1. The van der Waals surface area contributed by atoms with E-state index < -0.39 is 0 Å². The van der Waals surface area contributed by atoms with Crippen molar-refractivity contribution in [2.24, 2.45) is 0 Å². The smallest absolute Gasteiger partial charge is 0.319 e. The van der Waals surface area contributed by atoms with Gasteiger partial charge in [0.1, 0.15) is 0 Å². The van der Waals surface area contributed by atoms with E-state index in [0.29, 0.717) is 6.04 Å². The molecule has 154 valence electrons. The van der Waals surface area contributed by atoms with Gasteiger partial charge in [-0.05, 0) is 61.4 Å². The van der Waals surface area contributed by atoms with Gasteiger partial charge in [-0.1, -0.05) is 29.8 Å². The molecule has 0 bridgehead atoms. The lowest BCUT2D eigenvalue weighted by Gasteiger charge is -2.38. The average molecular weight is 413 g/mol. The number of carbonyl (C=O) groups is 1. The Bertz CT molecular complexity index is 784. The number of hydrogen-bond acceptors (Lipinski definition) is 3. The summed E-state index contributed by atoms with van der Waals surface area (Å²) in [6.07, 6.45) is 9.16. The zero-order valence-electron chi connectivity index (χ0n) is 16.8. The molecule has 2 aliphatic rings. The topological polar surface area (TPSA) is 48.5 Å². The van der Waals surface area contributed by atoms with E-state index in [1.54, 1.807) is 6.20 Å². The molecule has 2 saturated heterocycles. The third kappa shape index (κ3) is 5.09. The van der Waals surface area contributed by atoms with Gasteiger partial charge in [-0.3, -0.25) is 4.98 Å². The maximum Gasteiger partial charge on any atom is 0.319 e. The van der Waals surface area contributed by atoms with Gasteiger partial charge in [0.15, 0.2) is 0 Å². The molecule has 0 aliphatic carbocycles. The van der Waals surface area contributed by atoms with Crippen LogP contribution in [0.4, 0.5) is 4.79 Å². The van der Waals surface area contributed by atoms with Crippen LogP contribution >= 0.6 is 11.6 Å². The van der Waals surface area contributed by atoms with E-state index in [2.05, 4.69) is 28.5 Å². The van der Waals surface area contributed by atoms with E-state index in [1.165, 1.54) is 12.0 Å². The Balaban J connectivity index is 1.40. The van der Waals surface area contributed by atoms with Gasteiger partial charge in [0.2, 0.25) is 0 Å². The van der Waals surface area contributed by atoms with E-state index in [9.17, 15) is 4.79 Å². The van der Waals surface area contributed by atoms with E-state index >= 15 is 0 Å². The van der Waals surface area contributed by atoms with E-state index in [0.717, 1.165) is 62.4 Å². The molecule has 0 spiro atoms. The van der Waals surface area contributed by atoms with Gasteiger partial charge in [-0.15, -0.1) is 0 Å². The van der Waals surface area contributed by atoms with Crippen LogP contribution in [-0.2, 0) is 0 Å². The van der Waals surface area contributed by atoms with Crippen LogP contribution in [0, 0.1) is 0 Å². The van der Waals surface area contributed by atoms with Crippen molar-refractivity contribution in [3.05, 3.63) is 64.9 Å². The molecule has 0 saturated carbocycles. The summed E-state index contributed by atoms with van der Waals surface area (Å²) in [5, 5.41) is 4.55. The van der Waals surface area contributed by atoms with E-state index in [1.807, 2.05) is 34.2 Å². The van der Waals surface area contributed by atoms with Crippen LogP contribution in [0.3, 0.4) is 0 Å². The molecule has 2 fully saturated rings. The van der Waals surface area contributed by atoms with Crippen molar-refractivity contribution in [1.29, 1.82) is 0 Å². The number of pyridine rings is 1. The predicted molar refractivity (Wildman–Crippen MR) is 116 cm³/mol. The number of nitrogens with zero attached hydrogens (tertiary/aromatic N) is 3. The quantitative estimate of drug-likeness (QED) is 0.805. The summed E-state index contributed by atoms with van der Waals surface area (Å²) in [6, 6.07) is 12.7. The van der Waals surface area contributed by atoms with Crippen LogP contribution in [0.25, 0.3) is 0 Å². The highest BCUT2D eigenvalue weighted by molar-refractivity contribution is 6.30. The Kier molecular flexibility index (Phi) is 6.67. The van der Waals surface area contributed by atoms with Crippen LogP contribution in [0.1, 0.15) is 49.3 Å². The highest BCUT2D eigenvalue weighted by Gasteiger charge is 2.28. The zero-order valence-corrected chi connectivity index (χ0v) is 17.5.